The molecule has 1 saturated carbocycles. The molecule has 0 aromatic heterocycles. The van der Waals surface area contributed by atoms with Crippen molar-refractivity contribution in [1.29, 1.82) is 0 Å². The maximum Gasteiger partial charge on any atom is 0.276 e. The van der Waals surface area contributed by atoms with E-state index in [-0.39, 0.29) is 22.2 Å². The Morgan fingerprint density at radius 3 is 2.33 bits per heavy atom. The number of carbonyl (C=O) groups is 1. The quantitative estimate of drug-likeness (QED) is 0.210. The van der Waals surface area contributed by atoms with Crippen molar-refractivity contribution in [1.82, 2.24) is 5.01 Å². The number of nitro benzene ring substituents is 1. The molecule has 0 saturated heterocycles. The second kappa shape index (κ2) is 11.9. The lowest BCUT2D eigenvalue weighted by Crippen LogP contribution is -2.32. The SMILES string of the molecule is CCOc1ccc(/C=C2/CCCC3C2=NN(C(=O)c2cc([N+](=O)[O-])ccc2Cl)C3c2ccc(OCC)cc2)cc1. The minimum atomic E-state index is -0.537. The zero-order chi connectivity index (χ0) is 28.2. The number of fused-ring (bicyclic) bond motifs is 1. The predicted molar refractivity (Wildman–Crippen MR) is 155 cm³/mol. The van der Waals surface area contributed by atoms with E-state index in [0.29, 0.717) is 13.2 Å². The summed E-state index contributed by atoms with van der Waals surface area (Å²) >= 11 is 6.39. The molecular formula is C31H30ClN3O5. The highest BCUT2D eigenvalue weighted by Gasteiger charge is 2.44. The Morgan fingerprint density at radius 2 is 1.70 bits per heavy atom. The third-order valence-corrected chi connectivity index (χ3v) is 7.50. The van der Waals surface area contributed by atoms with Gasteiger partial charge in [-0.3, -0.25) is 14.9 Å². The molecule has 8 nitrogen and oxygen atoms in total. The van der Waals surface area contributed by atoms with Crippen LogP contribution in [0.3, 0.4) is 0 Å². The third-order valence-electron chi connectivity index (χ3n) is 7.17. The molecule has 3 aromatic rings. The van der Waals surface area contributed by atoms with Gasteiger partial charge in [-0.05, 0) is 86.2 Å². The fourth-order valence-electron chi connectivity index (χ4n) is 5.37. The van der Waals surface area contributed by atoms with Gasteiger partial charge in [0, 0.05) is 18.1 Å². The standard InChI is InChI=1S/C31H30ClN3O5/c1-3-39-24-13-8-20(9-14-24)18-22-6-5-7-26-29(22)33-34(30(26)21-10-15-25(16-11-21)40-4-2)31(36)27-19-23(35(37)38)12-17-28(27)32/h8-19,26,30H,3-7H2,1-2H3/b22-18-. The van der Waals surface area contributed by atoms with E-state index >= 15 is 0 Å². The van der Waals surface area contributed by atoms with Gasteiger partial charge in [-0.2, -0.15) is 5.10 Å². The van der Waals surface area contributed by atoms with E-state index in [2.05, 4.69) is 6.08 Å². The van der Waals surface area contributed by atoms with E-state index in [0.717, 1.165) is 53.2 Å². The normalized spacial score (nSPS) is 19.2. The van der Waals surface area contributed by atoms with Crippen LogP contribution in [0, 0.1) is 16.0 Å². The van der Waals surface area contributed by atoms with Crippen LogP contribution in [0.4, 0.5) is 5.69 Å². The van der Waals surface area contributed by atoms with Crippen molar-refractivity contribution >= 4 is 35.0 Å². The zero-order valence-electron chi connectivity index (χ0n) is 22.4. The fraction of sp³-hybridized carbons (Fsp3) is 0.290. The molecule has 2 unspecified atom stereocenters. The van der Waals surface area contributed by atoms with Crippen molar-refractivity contribution in [3.8, 4) is 11.5 Å². The van der Waals surface area contributed by atoms with Crippen LogP contribution in [0.5, 0.6) is 11.5 Å². The van der Waals surface area contributed by atoms with E-state index in [1.54, 1.807) is 0 Å². The number of hydrogen-bond donors (Lipinski definition) is 0. The number of nitro groups is 1. The lowest BCUT2D eigenvalue weighted by atomic mass is 9.77. The van der Waals surface area contributed by atoms with Gasteiger partial charge in [-0.15, -0.1) is 0 Å². The van der Waals surface area contributed by atoms with Crippen molar-refractivity contribution in [3.63, 3.8) is 0 Å². The van der Waals surface area contributed by atoms with Gasteiger partial charge < -0.3 is 9.47 Å². The molecule has 0 bridgehead atoms. The van der Waals surface area contributed by atoms with E-state index < -0.39 is 16.9 Å². The molecule has 5 rings (SSSR count). The van der Waals surface area contributed by atoms with Crippen molar-refractivity contribution in [2.24, 2.45) is 11.0 Å². The van der Waals surface area contributed by atoms with Crippen LogP contribution in [0.15, 0.2) is 77.4 Å². The monoisotopic (exact) mass is 559 g/mol. The van der Waals surface area contributed by atoms with Gasteiger partial charge in [0.05, 0.1) is 40.5 Å². The minimum Gasteiger partial charge on any atom is -0.494 e. The highest BCUT2D eigenvalue weighted by atomic mass is 35.5. The molecule has 2 atom stereocenters. The number of allylic oxidation sites excluding steroid dienone is 1. The minimum absolute atomic E-state index is 0.0398. The molecule has 1 aliphatic carbocycles. The Kier molecular flexibility index (Phi) is 8.16. The smallest absolute Gasteiger partial charge is 0.276 e. The molecule has 1 aliphatic heterocycles. The molecular weight excluding hydrogens is 530 g/mol. The van der Waals surface area contributed by atoms with Gasteiger partial charge in [-0.1, -0.05) is 35.9 Å². The van der Waals surface area contributed by atoms with Crippen LogP contribution in [0.2, 0.25) is 5.02 Å². The Morgan fingerprint density at radius 1 is 1.05 bits per heavy atom. The third kappa shape index (κ3) is 5.58. The number of non-ortho nitro benzene ring substituents is 1. The maximum atomic E-state index is 14.0. The van der Waals surface area contributed by atoms with Crippen molar-refractivity contribution in [3.05, 3.63) is 104 Å². The first kappa shape index (κ1) is 27.4. The van der Waals surface area contributed by atoms with Crippen molar-refractivity contribution in [2.75, 3.05) is 13.2 Å². The molecule has 1 fully saturated rings. The number of halogens is 1. The van der Waals surface area contributed by atoms with E-state index in [9.17, 15) is 14.9 Å². The molecule has 0 N–H and O–H groups in total. The summed E-state index contributed by atoms with van der Waals surface area (Å²) < 4.78 is 11.2. The Balaban J connectivity index is 1.56. The molecule has 1 amide bonds. The Hall–Kier alpha value is -4.17. The van der Waals surface area contributed by atoms with Gasteiger partial charge in [0.15, 0.2) is 0 Å². The number of hydrazone groups is 1. The number of nitrogens with zero attached hydrogens (tertiary/aromatic N) is 3. The summed E-state index contributed by atoms with van der Waals surface area (Å²) in [5.74, 6) is 1.03. The lowest BCUT2D eigenvalue weighted by molar-refractivity contribution is -0.384. The largest absolute Gasteiger partial charge is 0.494 e. The van der Waals surface area contributed by atoms with E-state index in [1.807, 2.05) is 62.4 Å². The fourth-order valence-corrected chi connectivity index (χ4v) is 5.57. The number of rotatable bonds is 8. The number of ether oxygens (including phenoxy) is 2. The Bertz CT molecular complexity index is 1470. The van der Waals surface area contributed by atoms with Gasteiger partial charge in [-0.25, -0.2) is 5.01 Å². The molecule has 1 heterocycles. The van der Waals surface area contributed by atoms with Crippen molar-refractivity contribution < 1.29 is 19.2 Å². The first-order valence-corrected chi connectivity index (χ1v) is 13.8. The van der Waals surface area contributed by atoms with Crippen LogP contribution in [-0.4, -0.2) is 34.8 Å². The highest BCUT2D eigenvalue weighted by Crippen LogP contribution is 2.45. The number of hydrogen-bond acceptors (Lipinski definition) is 6. The van der Waals surface area contributed by atoms with Crippen LogP contribution >= 0.6 is 11.6 Å². The summed E-state index contributed by atoms with van der Waals surface area (Å²) in [6, 6.07) is 19.1. The molecule has 2 aliphatic rings. The molecule has 3 aromatic carbocycles. The number of carbonyl (C=O) groups excluding carboxylic acids is 1. The topological polar surface area (TPSA) is 94.3 Å². The summed E-state index contributed by atoms with van der Waals surface area (Å²) in [7, 11) is 0. The van der Waals surface area contributed by atoms with Gasteiger partial charge in [0.2, 0.25) is 0 Å². The van der Waals surface area contributed by atoms with Crippen molar-refractivity contribution in [2.45, 2.75) is 39.2 Å². The summed E-state index contributed by atoms with van der Waals surface area (Å²) in [5, 5.41) is 17.9. The summed E-state index contributed by atoms with van der Waals surface area (Å²) in [6.45, 7) is 5.03. The first-order chi connectivity index (χ1) is 19.4. The average Bonchev–Trinajstić information content (AvgIpc) is 3.35. The summed E-state index contributed by atoms with van der Waals surface area (Å²) in [5.41, 5.74) is 3.69. The molecule has 0 radical (unpaired) electrons. The maximum absolute atomic E-state index is 14.0. The van der Waals surface area contributed by atoms with Crippen LogP contribution in [-0.2, 0) is 0 Å². The summed E-state index contributed by atoms with van der Waals surface area (Å²) in [6.07, 6.45) is 4.74. The molecule has 0 spiro atoms. The average molecular weight is 560 g/mol. The molecule has 206 valence electrons. The van der Waals surface area contributed by atoms with E-state index in [4.69, 9.17) is 26.2 Å². The second-order valence-corrected chi connectivity index (χ2v) is 10.1. The van der Waals surface area contributed by atoms with Gasteiger partial charge >= 0.3 is 0 Å². The van der Waals surface area contributed by atoms with Crippen LogP contribution in [0.1, 0.15) is 60.6 Å². The van der Waals surface area contributed by atoms with Crippen LogP contribution in [0.25, 0.3) is 6.08 Å². The van der Waals surface area contributed by atoms with Gasteiger partial charge in [0.1, 0.15) is 11.5 Å². The highest BCUT2D eigenvalue weighted by molar-refractivity contribution is 6.34. The summed E-state index contributed by atoms with van der Waals surface area (Å²) in [4.78, 5) is 24.9. The molecule has 9 heteroatoms. The lowest BCUT2D eigenvalue weighted by Gasteiger charge is -2.30. The zero-order valence-corrected chi connectivity index (χ0v) is 23.1. The Labute approximate surface area is 238 Å². The number of amides is 1. The first-order valence-electron chi connectivity index (χ1n) is 13.4. The van der Waals surface area contributed by atoms with Crippen LogP contribution < -0.4 is 9.47 Å². The number of benzene rings is 3. The van der Waals surface area contributed by atoms with Gasteiger partial charge in [0.25, 0.3) is 11.6 Å². The predicted octanol–water partition coefficient (Wildman–Crippen LogP) is 7.48. The van der Waals surface area contributed by atoms with E-state index in [1.165, 1.54) is 23.2 Å². The second-order valence-electron chi connectivity index (χ2n) is 9.67. The molecule has 40 heavy (non-hydrogen) atoms.